The zero-order valence-electron chi connectivity index (χ0n) is 43.9. The van der Waals surface area contributed by atoms with Gasteiger partial charge in [0.15, 0.2) is 0 Å². The molecule has 0 radical (unpaired) electrons. The van der Waals surface area contributed by atoms with Gasteiger partial charge in [-0.15, -0.1) is 0 Å². The lowest BCUT2D eigenvalue weighted by atomic mass is 10.0. The van der Waals surface area contributed by atoms with Crippen molar-refractivity contribution in [3.63, 3.8) is 0 Å². The molecule has 0 bridgehead atoms. The second-order valence-corrected chi connectivity index (χ2v) is 18.4. The Morgan fingerprint density at radius 2 is 0.606 bits per heavy atom. The van der Waals surface area contributed by atoms with Gasteiger partial charge in [0.25, 0.3) is 0 Å². The Bertz CT molecular complexity index is 2120. The van der Waals surface area contributed by atoms with Crippen molar-refractivity contribution in [2.24, 2.45) is 0 Å². The molecule has 5 heteroatoms. The highest BCUT2D eigenvalue weighted by Gasteiger charge is 2.08. The topological polar surface area (TPSA) is 0 Å². The Morgan fingerprint density at radius 3 is 0.879 bits per heavy atom. The van der Waals surface area contributed by atoms with Crippen molar-refractivity contribution >= 4 is 0 Å². The summed E-state index contributed by atoms with van der Waals surface area (Å²) in [6, 6.07) is 37.3. The molecule has 6 rings (SSSR count). The highest BCUT2D eigenvalue weighted by Crippen LogP contribution is 2.22. The lowest BCUT2D eigenvalue weighted by molar-refractivity contribution is 0.596. The van der Waals surface area contributed by atoms with Gasteiger partial charge in [-0.3, -0.25) is 0 Å². The molecule has 0 aliphatic carbocycles. The fraction of sp³-hybridized carbons (Fsp3) is 0.410. The Hall–Kier alpha value is -5.03. The van der Waals surface area contributed by atoms with E-state index in [1.54, 1.807) is 37.3 Å². The molecule has 0 atom stereocenters. The Morgan fingerprint density at radius 1 is 0.273 bits per heavy atom. The number of benzene rings is 6. The number of halogens is 5. The maximum absolute atomic E-state index is 13.1. The molecule has 6 aromatic rings. The van der Waals surface area contributed by atoms with Gasteiger partial charge in [-0.2, -0.15) is 0 Å². The first kappa shape index (κ1) is 61.0. The Labute approximate surface area is 399 Å². The van der Waals surface area contributed by atoms with Crippen LogP contribution in [0.1, 0.15) is 194 Å². The van der Waals surface area contributed by atoms with Gasteiger partial charge in [0.05, 0.1) is 0 Å². The van der Waals surface area contributed by atoms with E-state index in [0.717, 1.165) is 55.6 Å². The zero-order valence-corrected chi connectivity index (χ0v) is 43.9. The molecule has 362 valence electrons. The van der Waals surface area contributed by atoms with Crippen LogP contribution in [0, 0.1) is 63.7 Å². The minimum absolute atomic E-state index is 0.0833. The van der Waals surface area contributed by atoms with Gasteiger partial charge in [-0.25, -0.2) is 22.0 Å². The molecule has 0 aromatic heterocycles. The van der Waals surface area contributed by atoms with Gasteiger partial charge in [-0.1, -0.05) is 193 Å². The van der Waals surface area contributed by atoms with Gasteiger partial charge < -0.3 is 0 Å². The summed E-state index contributed by atoms with van der Waals surface area (Å²) in [4.78, 5) is 0. The monoisotopic (exact) mass is 911 g/mol. The highest BCUT2D eigenvalue weighted by molar-refractivity contribution is 5.29. The van der Waals surface area contributed by atoms with E-state index in [9.17, 15) is 22.0 Å². The number of rotatable bonds is 6. The highest BCUT2D eigenvalue weighted by atomic mass is 19.1. The summed E-state index contributed by atoms with van der Waals surface area (Å²) < 4.78 is 65.3. The van der Waals surface area contributed by atoms with Gasteiger partial charge >= 0.3 is 0 Å². The standard InChI is InChI=1S/5C10H13F.C9H12.C2H6/c1-7(2)9-5-4-8(3)10(11)6-9;1-7(2)9-6-8(3)4-5-10(9)11;3*1-7(2)9-5-4-8(3)6-10(9)11;1-8(2)9-6-4-3-5-7-9;1-2/h5*4-7H,1-3H3;3-8H,1-2H3;1-2H3. The molecule has 0 saturated heterocycles. The maximum Gasteiger partial charge on any atom is 0.126 e. The van der Waals surface area contributed by atoms with E-state index < -0.39 is 0 Å². The van der Waals surface area contributed by atoms with E-state index in [1.807, 2.05) is 158 Å². The van der Waals surface area contributed by atoms with Crippen molar-refractivity contribution < 1.29 is 22.0 Å². The third-order valence-electron chi connectivity index (χ3n) is 10.4. The molecule has 0 amide bonds. The minimum atomic E-state index is -0.101. The van der Waals surface area contributed by atoms with Crippen LogP contribution in [0.4, 0.5) is 22.0 Å². The molecular formula is C61H83F5. The van der Waals surface area contributed by atoms with Crippen molar-refractivity contribution in [1.82, 2.24) is 0 Å². The summed E-state index contributed by atoms with van der Waals surface area (Å²) in [5, 5.41) is 0. The first-order valence-electron chi connectivity index (χ1n) is 23.7. The lowest BCUT2D eigenvalue weighted by Crippen LogP contribution is -1.92. The number of aryl methyl sites for hydroxylation is 5. The Balaban J connectivity index is 0.000000763. The molecule has 6 aromatic carbocycles. The average molecular weight is 911 g/mol. The van der Waals surface area contributed by atoms with E-state index >= 15 is 0 Å². The van der Waals surface area contributed by atoms with Crippen molar-refractivity contribution in [3.8, 4) is 0 Å². The summed E-state index contributed by atoms with van der Waals surface area (Å²) in [5.41, 5.74) is 10.5. The number of hydrogen-bond acceptors (Lipinski definition) is 0. The predicted molar refractivity (Wildman–Crippen MR) is 278 cm³/mol. The van der Waals surface area contributed by atoms with Gasteiger partial charge in [0, 0.05) is 0 Å². The van der Waals surface area contributed by atoms with Crippen LogP contribution >= 0.6 is 0 Å². The molecule has 0 unspecified atom stereocenters. The van der Waals surface area contributed by atoms with Crippen LogP contribution in [-0.2, 0) is 0 Å². The predicted octanol–water partition coefficient (Wildman–Crippen LogP) is 20.1. The third-order valence-corrected chi connectivity index (χ3v) is 10.4. The maximum atomic E-state index is 13.1. The second-order valence-electron chi connectivity index (χ2n) is 18.4. The third kappa shape index (κ3) is 23.4. The summed E-state index contributed by atoms with van der Waals surface area (Å²) in [7, 11) is 0. The van der Waals surface area contributed by atoms with E-state index in [0.29, 0.717) is 11.8 Å². The molecule has 0 heterocycles. The molecular weight excluding hydrogens is 828 g/mol. The normalized spacial score (nSPS) is 10.3. The number of hydrogen-bond donors (Lipinski definition) is 0. The molecule has 0 nitrogen and oxygen atoms in total. The van der Waals surface area contributed by atoms with E-state index in [-0.39, 0.29) is 52.8 Å². The molecule has 0 aliphatic heterocycles. The van der Waals surface area contributed by atoms with Crippen LogP contribution in [0.2, 0.25) is 0 Å². The van der Waals surface area contributed by atoms with E-state index in [4.69, 9.17) is 0 Å². The van der Waals surface area contributed by atoms with Gasteiger partial charge in [0.2, 0.25) is 0 Å². The van der Waals surface area contributed by atoms with Crippen LogP contribution in [0.3, 0.4) is 0 Å². The second kappa shape index (κ2) is 31.8. The smallest absolute Gasteiger partial charge is 0.126 e. The SMILES string of the molecule is CC.CC(C)c1ccccc1.Cc1ccc(C(C)C)c(F)c1.Cc1ccc(C(C)C)c(F)c1.Cc1ccc(C(C)C)c(F)c1.Cc1ccc(C(C)C)cc1F.Cc1ccc(F)c(C(C)C)c1. The van der Waals surface area contributed by atoms with Crippen LogP contribution in [0.25, 0.3) is 0 Å². The van der Waals surface area contributed by atoms with Crippen molar-refractivity contribution in [2.75, 3.05) is 0 Å². The summed E-state index contributed by atoms with van der Waals surface area (Å²) in [6.45, 7) is 37.9. The summed E-state index contributed by atoms with van der Waals surface area (Å²) in [6.07, 6.45) is 0. The largest absolute Gasteiger partial charge is 0.207 e. The van der Waals surface area contributed by atoms with Crippen LogP contribution < -0.4 is 0 Å². The first-order chi connectivity index (χ1) is 30.8. The lowest BCUT2D eigenvalue weighted by Gasteiger charge is -2.06. The van der Waals surface area contributed by atoms with Gasteiger partial charge in [-0.05, 0) is 156 Å². The molecule has 66 heavy (non-hydrogen) atoms. The molecule has 0 saturated carbocycles. The van der Waals surface area contributed by atoms with Crippen molar-refractivity contribution in [1.29, 1.82) is 0 Å². The molecule has 0 fully saturated rings. The zero-order chi connectivity index (χ0) is 50.8. The molecule has 0 spiro atoms. The van der Waals surface area contributed by atoms with Crippen LogP contribution in [0.15, 0.2) is 121 Å². The molecule has 0 N–H and O–H groups in total. The Kier molecular flexibility index (Phi) is 29.4. The minimum Gasteiger partial charge on any atom is -0.207 e. The summed E-state index contributed by atoms with van der Waals surface area (Å²) in [5.74, 6) is 1.72. The first-order valence-corrected chi connectivity index (χ1v) is 23.7. The van der Waals surface area contributed by atoms with E-state index in [1.165, 1.54) is 11.6 Å². The van der Waals surface area contributed by atoms with E-state index in [2.05, 4.69) is 52.0 Å². The van der Waals surface area contributed by atoms with Crippen molar-refractivity contribution in [2.45, 2.75) is 167 Å². The quantitative estimate of drug-likeness (QED) is 0.146. The average Bonchev–Trinajstić information content (AvgIpc) is 3.24. The fourth-order valence-corrected chi connectivity index (χ4v) is 6.21. The molecule has 0 aliphatic rings. The fourth-order valence-electron chi connectivity index (χ4n) is 6.21. The van der Waals surface area contributed by atoms with Gasteiger partial charge in [0.1, 0.15) is 29.1 Å². The van der Waals surface area contributed by atoms with Crippen LogP contribution in [0.5, 0.6) is 0 Å². The van der Waals surface area contributed by atoms with Crippen LogP contribution in [-0.4, -0.2) is 0 Å². The summed E-state index contributed by atoms with van der Waals surface area (Å²) >= 11 is 0. The van der Waals surface area contributed by atoms with Crippen molar-refractivity contribution in [3.05, 3.63) is 212 Å².